The molecule has 0 aliphatic carbocycles. The molecule has 1 aromatic rings. The van der Waals surface area contributed by atoms with Crippen LogP contribution in [0.2, 0.25) is 0 Å². The Morgan fingerprint density at radius 1 is 1.47 bits per heavy atom. The van der Waals surface area contributed by atoms with Gasteiger partial charge >= 0.3 is 0 Å². The predicted molar refractivity (Wildman–Crippen MR) is 55.9 cm³/mol. The zero-order valence-corrected chi connectivity index (χ0v) is 9.27. The van der Waals surface area contributed by atoms with Crippen molar-refractivity contribution in [2.45, 2.75) is 6.54 Å². The maximum atomic E-state index is 5.31. The fourth-order valence-corrected chi connectivity index (χ4v) is 1.71. The van der Waals surface area contributed by atoms with Crippen LogP contribution >= 0.6 is 0 Å². The lowest BCUT2D eigenvalue weighted by molar-refractivity contribution is 0.0331. The highest BCUT2D eigenvalue weighted by Gasteiger charge is 2.13. The van der Waals surface area contributed by atoms with Gasteiger partial charge in [0.05, 0.1) is 26.0 Å². The molecule has 0 aromatic carbocycles. The van der Waals surface area contributed by atoms with Crippen LogP contribution in [0.4, 0.5) is 0 Å². The van der Waals surface area contributed by atoms with E-state index in [9.17, 15) is 0 Å². The summed E-state index contributed by atoms with van der Waals surface area (Å²) in [6.45, 7) is 4.56. The van der Waals surface area contributed by atoms with Gasteiger partial charge in [0, 0.05) is 32.7 Å². The monoisotopic (exact) mass is 211 g/mol. The minimum absolute atomic E-state index is 0.681. The summed E-state index contributed by atoms with van der Waals surface area (Å²) in [5, 5.41) is 4.23. The fraction of sp³-hybridized carbons (Fsp3) is 0.700. The Balaban J connectivity index is 1.99. The first-order chi connectivity index (χ1) is 7.29. The van der Waals surface area contributed by atoms with Crippen molar-refractivity contribution >= 4 is 0 Å². The second kappa shape index (κ2) is 4.63. The van der Waals surface area contributed by atoms with Gasteiger partial charge in [0.1, 0.15) is 0 Å². The summed E-state index contributed by atoms with van der Waals surface area (Å²) in [6, 6.07) is 1.98. The van der Waals surface area contributed by atoms with Gasteiger partial charge in [-0.15, -0.1) is 5.10 Å². The molecule has 0 atom stereocenters. The molecule has 15 heavy (non-hydrogen) atoms. The number of hydrogen-bond acceptors (Lipinski definition) is 4. The first-order valence-electron chi connectivity index (χ1n) is 5.16. The molecule has 2 heterocycles. The SMILES string of the molecule is COc1cc(CN2CCOCC2)n(C)n1. The average Bonchev–Trinajstić information content (AvgIpc) is 2.61. The van der Waals surface area contributed by atoms with Crippen LogP contribution in [0.3, 0.4) is 0 Å². The molecule has 1 fully saturated rings. The van der Waals surface area contributed by atoms with Crippen molar-refractivity contribution in [2.24, 2.45) is 7.05 Å². The van der Waals surface area contributed by atoms with E-state index in [1.807, 2.05) is 17.8 Å². The molecule has 5 heteroatoms. The number of morpholine rings is 1. The van der Waals surface area contributed by atoms with E-state index in [0.29, 0.717) is 5.88 Å². The lowest BCUT2D eigenvalue weighted by atomic mass is 10.3. The second-order valence-electron chi connectivity index (χ2n) is 3.69. The standard InChI is InChI=1S/C10H17N3O2/c1-12-9(7-10(11-12)14-2)8-13-3-5-15-6-4-13/h7H,3-6,8H2,1-2H3. The zero-order chi connectivity index (χ0) is 10.7. The van der Waals surface area contributed by atoms with Crippen molar-refractivity contribution < 1.29 is 9.47 Å². The van der Waals surface area contributed by atoms with Crippen LogP contribution in [0.5, 0.6) is 5.88 Å². The number of aromatic nitrogens is 2. The molecule has 1 aliphatic rings. The van der Waals surface area contributed by atoms with E-state index in [2.05, 4.69) is 10.00 Å². The molecule has 5 nitrogen and oxygen atoms in total. The summed E-state index contributed by atoms with van der Waals surface area (Å²) in [7, 11) is 3.58. The Morgan fingerprint density at radius 2 is 2.20 bits per heavy atom. The molecule has 0 unspecified atom stereocenters. The van der Waals surface area contributed by atoms with Crippen molar-refractivity contribution in [3.8, 4) is 5.88 Å². The van der Waals surface area contributed by atoms with Crippen molar-refractivity contribution in [1.29, 1.82) is 0 Å². The summed E-state index contributed by atoms with van der Waals surface area (Å²) in [6.07, 6.45) is 0. The molecule has 0 saturated carbocycles. The molecule has 2 rings (SSSR count). The maximum absolute atomic E-state index is 5.31. The summed E-state index contributed by atoms with van der Waals surface area (Å²) in [5.41, 5.74) is 1.17. The largest absolute Gasteiger partial charge is 0.480 e. The number of methoxy groups -OCH3 is 1. The van der Waals surface area contributed by atoms with E-state index < -0.39 is 0 Å². The Morgan fingerprint density at radius 3 is 2.80 bits per heavy atom. The van der Waals surface area contributed by atoms with E-state index in [4.69, 9.17) is 9.47 Å². The van der Waals surface area contributed by atoms with Crippen LogP contribution in [0.1, 0.15) is 5.69 Å². The quantitative estimate of drug-likeness (QED) is 0.719. The van der Waals surface area contributed by atoms with E-state index in [1.54, 1.807) is 7.11 Å². The van der Waals surface area contributed by atoms with E-state index in [1.165, 1.54) is 5.69 Å². The van der Waals surface area contributed by atoms with Crippen molar-refractivity contribution in [3.63, 3.8) is 0 Å². The van der Waals surface area contributed by atoms with Crippen LogP contribution in [-0.4, -0.2) is 48.1 Å². The van der Waals surface area contributed by atoms with Gasteiger partial charge in [0.25, 0.3) is 0 Å². The van der Waals surface area contributed by atoms with E-state index in [-0.39, 0.29) is 0 Å². The van der Waals surface area contributed by atoms with Crippen LogP contribution in [0, 0.1) is 0 Å². The van der Waals surface area contributed by atoms with Gasteiger partial charge in [-0.2, -0.15) is 0 Å². The van der Waals surface area contributed by atoms with Crippen molar-refractivity contribution in [3.05, 3.63) is 11.8 Å². The Kier molecular flexibility index (Phi) is 3.23. The summed E-state index contributed by atoms with van der Waals surface area (Å²) >= 11 is 0. The Hall–Kier alpha value is -1.07. The molecule has 0 spiro atoms. The van der Waals surface area contributed by atoms with Gasteiger partial charge in [-0.25, -0.2) is 0 Å². The number of ether oxygens (including phenoxy) is 2. The molecule has 1 aromatic heterocycles. The molecule has 0 amide bonds. The molecule has 84 valence electrons. The number of aryl methyl sites for hydroxylation is 1. The van der Waals surface area contributed by atoms with Gasteiger partial charge in [0.2, 0.25) is 5.88 Å². The highest BCUT2D eigenvalue weighted by atomic mass is 16.5. The first kappa shape index (κ1) is 10.4. The van der Waals surface area contributed by atoms with Gasteiger partial charge in [-0.3, -0.25) is 9.58 Å². The number of hydrogen-bond donors (Lipinski definition) is 0. The minimum atomic E-state index is 0.681. The van der Waals surface area contributed by atoms with Crippen LogP contribution in [-0.2, 0) is 18.3 Å². The number of rotatable bonds is 3. The normalized spacial score (nSPS) is 18.0. The van der Waals surface area contributed by atoms with Crippen molar-refractivity contribution in [2.75, 3.05) is 33.4 Å². The van der Waals surface area contributed by atoms with E-state index >= 15 is 0 Å². The molecule has 1 saturated heterocycles. The zero-order valence-electron chi connectivity index (χ0n) is 9.27. The molecule has 1 aliphatic heterocycles. The molecule has 0 bridgehead atoms. The predicted octanol–water partition coefficient (Wildman–Crippen LogP) is 0.261. The summed E-state index contributed by atoms with van der Waals surface area (Å²) < 4.78 is 12.3. The topological polar surface area (TPSA) is 39.5 Å². The summed E-state index contributed by atoms with van der Waals surface area (Å²) in [4.78, 5) is 2.36. The van der Waals surface area contributed by atoms with Gasteiger partial charge in [0.15, 0.2) is 0 Å². The number of nitrogens with zero attached hydrogens (tertiary/aromatic N) is 3. The highest BCUT2D eigenvalue weighted by molar-refractivity contribution is 5.15. The third-order valence-electron chi connectivity index (χ3n) is 2.65. The fourth-order valence-electron chi connectivity index (χ4n) is 1.71. The molecular formula is C10H17N3O2. The van der Waals surface area contributed by atoms with Crippen molar-refractivity contribution in [1.82, 2.24) is 14.7 Å². The van der Waals surface area contributed by atoms with Gasteiger partial charge in [-0.1, -0.05) is 0 Å². The van der Waals surface area contributed by atoms with Crippen LogP contribution < -0.4 is 4.74 Å². The second-order valence-corrected chi connectivity index (χ2v) is 3.69. The third-order valence-corrected chi connectivity index (χ3v) is 2.65. The van der Waals surface area contributed by atoms with Crippen LogP contribution in [0.25, 0.3) is 0 Å². The third kappa shape index (κ3) is 2.49. The minimum Gasteiger partial charge on any atom is -0.480 e. The average molecular weight is 211 g/mol. The van der Waals surface area contributed by atoms with Gasteiger partial charge < -0.3 is 9.47 Å². The Bertz CT molecular complexity index is 318. The lowest BCUT2D eigenvalue weighted by Gasteiger charge is -2.26. The summed E-state index contributed by atoms with van der Waals surface area (Å²) in [5.74, 6) is 0.681. The molecule has 0 radical (unpaired) electrons. The van der Waals surface area contributed by atoms with E-state index in [0.717, 1.165) is 32.8 Å². The maximum Gasteiger partial charge on any atom is 0.232 e. The smallest absolute Gasteiger partial charge is 0.232 e. The molecular weight excluding hydrogens is 194 g/mol. The van der Waals surface area contributed by atoms with Gasteiger partial charge in [-0.05, 0) is 0 Å². The lowest BCUT2D eigenvalue weighted by Crippen LogP contribution is -2.36. The first-order valence-corrected chi connectivity index (χ1v) is 5.16. The van der Waals surface area contributed by atoms with Crippen LogP contribution in [0.15, 0.2) is 6.07 Å². The molecule has 0 N–H and O–H groups in total. The Labute approximate surface area is 89.6 Å². The highest BCUT2D eigenvalue weighted by Crippen LogP contribution is 2.13.